The first-order valence-electron chi connectivity index (χ1n) is 12.6. The Morgan fingerprint density at radius 3 is 2.34 bits per heavy atom. The number of carbonyl (C=O) groups is 2. The number of anilines is 2. The van der Waals surface area contributed by atoms with E-state index in [0.717, 1.165) is 43.2 Å². The van der Waals surface area contributed by atoms with E-state index in [1.807, 2.05) is 47.4 Å². The van der Waals surface area contributed by atoms with Gasteiger partial charge in [-0.25, -0.2) is 10.4 Å². The molecule has 3 saturated heterocycles. The molecule has 3 fully saturated rings. The molecule has 1 N–H and O–H groups in total. The molecule has 3 heterocycles. The number of carbonyl (C=O) groups excluding carboxylic acids is 2. The molecule has 0 bridgehead atoms. The molecule has 8 nitrogen and oxygen atoms in total. The highest BCUT2D eigenvalue weighted by Crippen LogP contribution is 2.33. The van der Waals surface area contributed by atoms with Crippen molar-refractivity contribution in [3.05, 3.63) is 54.6 Å². The molecule has 0 saturated carbocycles. The lowest BCUT2D eigenvalue weighted by Crippen LogP contribution is -2.59. The minimum Gasteiger partial charge on any atom is -0.497 e. The zero-order valence-corrected chi connectivity index (χ0v) is 20.6. The van der Waals surface area contributed by atoms with Gasteiger partial charge in [-0.1, -0.05) is 25.1 Å². The summed E-state index contributed by atoms with van der Waals surface area (Å²) >= 11 is 0. The maximum absolute atomic E-state index is 13.8. The number of piperidine rings is 1. The summed E-state index contributed by atoms with van der Waals surface area (Å²) in [5.74, 6) is 0.597. The zero-order chi connectivity index (χ0) is 24.4. The number of nitrogens with one attached hydrogen (secondary N) is 1. The summed E-state index contributed by atoms with van der Waals surface area (Å²) in [5.41, 5.74) is 5.40. The Bertz CT molecular complexity index is 1020. The minimum atomic E-state index is -0.245. The van der Waals surface area contributed by atoms with Gasteiger partial charge < -0.3 is 19.4 Å². The molecule has 3 unspecified atom stereocenters. The van der Waals surface area contributed by atoms with Crippen LogP contribution in [0.2, 0.25) is 0 Å². The number of rotatable bonds is 6. The third kappa shape index (κ3) is 4.73. The molecule has 35 heavy (non-hydrogen) atoms. The number of ether oxygens (including phenoxy) is 1. The van der Waals surface area contributed by atoms with E-state index < -0.39 is 0 Å². The smallest absolute Gasteiger partial charge is 0.247 e. The van der Waals surface area contributed by atoms with Crippen molar-refractivity contribution >= 4 is 23.2 Å². The summed E-state index contributed by atoms with van der Waals surface area (Å²) < 4.78 is 5.27. The van der Waals surface area contributed by atoms with Gasteiger partial charge in [0.15, 0.2) is 0 Å². The Hall–Kier alpha value is -3.10. The molecular formula is C27H35N5O3. The van der Waals surface area contributed by atoms with Crippen LogP contribution in [0.25, 0.3) is 0 Å². The molecule has 186 valence electrons. The van der Waals surface area contributed by atoms with Gasteiger partial charge in [0, 0.05) is 45.0 Å². The normalized spacial score (nSPS) is 25.0. The van der Waals surface area contributed by atoms with E-state index in [2.05, 4.69) is 34.3 Å². The summed E-state index contributed by atoms with van der Waals surface area (Å²) in [4.78, 5) is 33.8. The van der Waals surface area contributed by atoms with E-state index >= 15 is 0 Å². The van der Waals surface area contributed by atoms with Gasteiger partial charge in [0.05, 0.1) is 30.7 Å². The number of methoxy groups -OCH3 is 1. The highest BCUT2D eigenvalue weighted by molar-refractivity contribution is 5.98. The standard InChI is InChI=1S/C27H35N5O3/c1-3-13-29-18-23(25-24(19-29)27(34)32(28-25)21-7-5-4-6-8-21)26(33)31-16-14-30(15-17-31)20-9-11-22(35-2)12-10-20/h4-12,23-25,28H,3,13-19H2,1-2H3. The highest BCUT2D eigenvalue weighted by Gasteiger charge is 2.51. The van der Waals surface area contributed by atoms with Crippen molar-refractivity contribution < 1.29 is 14.3 Å². The van der Waals surface area contributed by atoms with Gasteiger partial charge >= 0.3 is 0 Å². The predicted octanol–water partition coefficient (Wildman–Crippen LogP) is 2.22. The third-order valence-electron chi connectivity index (χ3n) is 7.49. The maximum Gasteiger partial charge on any atom is 0.247 e. The number of likely N-dealkylation sites (tertiary alicyclic amines) is 1. The second-order valence-corrected chi connectivity index (χ2v) is 9.65. The van der Waals surface area contributed by atoms with Crippen molar-refractivity contribution in [2.45, 2.75) is 19.4 Å². The number of hydrogen-bond donors (Lipinski definition) is 1. The van der Waals surface area contributed by atoms with Crippen LogP contribution in [0.15, 0.2) is 54.6 Å². The number of nitrogens with zero attached hydrogens (tertiary/aromatic N) is 4. The van der Waals surface area contributed by atoms with Gasteiger partial charge in [-0.3, -0.25) is 9.59 Å². The lowest BCUT2D eigenvalue weighted by atomic mass is 9.83. The summed E-state index contributed by atoms with van der Waals surface area (Å²) in [7, 11) is 1.67. The second kappa shape index (κ2) is 10.3. The molecule has 8 heteroatoms. The molecule has 0 aromatic heterocycles. The molecule has 2 aromatic rings. The SMILES string of the molecule is CCCN1CC(C(=O)N2CCN(c3ccc(OC)cc3)CC2)C2NN(c3ccccc3)C(=O)C2C1. The summed E-state index contributed by atoms with van der Waals surface area (Å²) in [6.07, 6.45) is 1.00. The van der Waals surface area contributed by atoms with E-state index in [-0.39, 0.29) is 29.7 Å². The topological polar surface area (TPSA) is 68.4 Å². The minimum absolute atomic E-state index is 0.0594. The summed E-state index contributed by atoms with van der Waals surface area (Å²) in [6.45, 7) is 7.38. The molecule has 0 aliphatic carbocycles. The Morgan fingerprint density at radius 1 is 0.971 bits per heavy atom. The number of piperazine rings is 1. The lowest BCUT2D eigenvalue weighted by Gasteiger charge is -2.42. The van der Waals surface area contributed by atoms with Crippen molar-refractivity contribution in [1.29, 1.82) is 0 Å². The Labute approximate surface area is 207 Å². The largest absolute Gasteiger partial charge is 0.497 e. The quantitative estimate of drug-likeness (QED) is 0.688. The average molecular weight is 478 g/mol. The lowest BCUT2D eigenvalue weighted by molar-refractivity contribution is -0.140. The molecule has 3 atom stereocenters. The van der Waals surface area contributed by atoms with Gasteiger partial charge in [0.1, 0.15) is 5.75 Å². The van der Waals surface area contributed by atoms with Crippen LogP contribution in [0.3, 0.4) is 0 Å². The molecular weight excluding hydrogens is 442 g/mol. The number of benzene rings is 2. The Balaban J connectivity index is 1.29. The molecule has 0 spiro atoms. The van der Waals surface area contributed by atoms with Crippen molar-refractivity contribution in [1.82, 2.24) is 15.2 Å². The molecule has 0 radical (unpaired) electrons. The van der Waals surface area contributed by atoms with Gasteiger partial charge in [-0.2, -0.15) is 0 Å². The van der Waals surface area contributed by atoms with Crippen LogP contribution in [-0.2, 0) is 9.59 Å². The van der Waals surface area contributed by atoms with Crippen LogP contribution in [-0.4, -0.2) is 80.6 Å². The molecule has 2 aromatic carbocycles. The summed E-state index contributed by atoms with van der Waals surface area (Å²) in [6, 6.07) is 17.6. The second-order valence-electron chi connectivity index (χ2n) is 9.65. The number of amides is 2. The van der Waals surface area contributed by atoms with Crippen molar-refractivity contribution in [2.75, 3.05) is 62.8 Å². The fourth-order valence-corrected chi connectivity index (χ4v) is 5.65. The first-order chi connectivity index (χ1) is 17.1. The van der Waals surface area contributed by atoms with Gasteiger partial charge in [-0.05, 0) is 49.4 Å². The van der Waals surface area contributed by atoms with Crippen LogP contribution in [0.5, 0.6) is 5.75 Å². The fourth-order valence-electron chi connectivity index (χ4n) is 5.65. The van der Waals surface area contributed by atoms with Crippen LogP contribution < -0.4 is 20.1 Å². The molecule has 5 rings (SSSR count). The van der Waals surface area contributed by atoms with Gasteiger partial charge in [-0.15, -0.1) is 0 Å². The fraction of sp³-hybridized carbons (Fsp3) is 0.481. The monoisotopic (exact) mass is 477 g/mol. The van der Waals surface area contributed by atoms with Gasteiger partial charge in [0.25, 0.3) is 0 Å². The van der Waals surface area contributed by atoms with Crippen molar-refractivity contribution in [3.63, 3.8) is 0 Å². The van der Waals surface area contributed by atoms with Crippen LogP contribution in [0.4, 0.5) is 11.4 Å². The number of fused-ring (bicyclic) bond motifs is 1. The van der Waals surface area contributed by atoms with Gasteiger partial charge in [0.2, 0.25) is 11.8 Å². The maximum atomic E-state index is 13.8. The van der Waals surface area contributed by atoms with Crippen molar-refractivity contribution in [2.24, 2.45) is 11.8 Å². The van der Waals surface area contributed by atoms with Crippen molar-refractivity contribution in [3.8, 4) is 5.75 Å². The highest BCUT2D eigenvalue weighted by atomic mass is 16.5. The average Bonchev–Trinajstić information content (AvgIpc) is 3.25. The Morgan fingerprint density at radius 2 is 1.69 bits per heavy atom. The zero-order valence-electron chi connectivity index (χ0n) is 20.6. The third-order valence-corrected chi connectivity index (χ3v) is 7.49. The number of hydrogen-bond acceptors (Lipinski definition) is 6. The predicted molar refractivity (Wildman–Crippen MR) is 136 cm³/mol. The number of para-hydroxylation sites is 1. The number of hydrazine groups is 1. The van der Waals surface area contributed by atoms with Crippen LogP contribution in [0, 0.1) is 11.8 Å². The van der Waals surface area contributed by atoms with Crippen LogP contribution >= 0.6 is 0 Å². The van der Waals surface area contributed by atoms with E-state index in [1.54, 1.807) is 12.1 Å². The molecule has 2 amide bonds. The Kier molecular flexibility index (Phi) is 6.92. The first-order valence-corrected chi connectivity index (χ1v) is 12.6. The van der Waals surface area contributed by atoms with E-state index in [1.165, 1.54) is 0 Å². The molecule has 3 aliphatic heterocycles. The van der Waals surface area contributed by atoms with E-state index in [4.69, 9.17) is 4.74 Å². The van der Waals surface area contributed by atoms with Crippen LogP contribution in [0.1, 0.15) is 13.3 Å². The van der Waals surface area contributed by atoms with E-state index in [0.29, 0.717) is 26.2 Å². The summed E-state index contributed by atoms with van der Waals surface area (Å²) in [5, 5.41) is 1.66. The van der Waals surface area contributed by atoms with E-state index in [9.17, 15) is 9.59 Å². The molecule has 3 aliphatic rings. The first kappa shape index (κ1) is 23.6.